The van der Waals surface area contributed by atoms with Crippen LogP contribution < -0.4 is 10.6 Å². The van der Waals surface area contributed by atoms with E-state index >= 15 is 0 Å². The molecular formula is C11H11N3O3S. The van der Waals surface area contributed by atoms with Crippen LogP contribution in [-0.2, 0) is 11.4 Å². The molecule has 0 spiro atoms. The van der Waals surface area contributed by atoms with E-state index in [9.17, 15) is 0 Å². The van der Waals surface area contributed by atoms with E-state index in [0.29, 0.717) is 11.7 Å². The molecule has 0 fully saturated rings. The van der Waals surface area contributed by atoms with Gasteiger partial charge in [-0.15, -0.1) is 11.8 Å². The third kappa shape index (κ3) is 2.20. The molecule has 1 aromatic heterocycles. The van der Waals surface area contributed by atoms with Crippen molar-refractivity contribution in [3.05, 3.63) is 36.0 Å². The summed E-state index contributed by atoms with van der Waals surface area (Å²) in [7, 11) is 0. The summed E-state index contributed by atoms with van der Waals surface area (Å²) in [4.78, 5) is 9.75. The molecule has 2 aromatic rings. The number of hydrogen-bond donors (Lipinski definition) is 1. The van der Waals surface area contributed by atoms with E-state index in [2.05, 4.69) is 15.0 Å². The number of nitrogens with two attached hydrogens (primary N) is 1. The van der Waals surface area contributed by atoms with Gasteiger partial charge in [0, 0.05) is 10.6 Å². The molecule has 0 amide bonds. The van der Waals surface area contributed by atoms with Crippen molar-refractivity contribution in [2.75, 3.05) is 5.75 Å². The Morgan fingerprint density at radius 1 is 1.44 bits per heavy atom. The molecule has 94 valence electrons. The zero-order valence-electron chi connectivity index (χ0n) is 9.41. The molecule has 7 heteroatoms. The Morgan fingerprint density at radius 3 is 3.22 bits per heavy atom. The molecule has 1 aliphatic heterocycles. The quantitative estimate of drug-likeness (QED) is 0.845. The minimum atomic E-state index is -0.208. The molecule has 2 heterocycles. The van der Waals surface area contributed by atoms with Crippen LogP contribution in [-0.4, -0.2) is 15.9 Å². The number of para-hydroxylation sites is 1. The molecular weight excluding hydrogens is 254 g/mol. The van der Waals surface area contributed by atoms with E-state index in [4.69, 9.17) is 15.2 Å². The second kappa shape index (κ2) is 4.97. The Morgan fingerprint density at radius 2 is 2.33 bits per heavy atom. The molecule has 0 aliphatic carbocycles. The first kappa shape index (κ1) is 11.5. The molecule has 1 aliphatic rings. The van der Waals surface area contributed by atoms with Crippen molar-refractivity contribution in [3.8, 4) is 5.75 Å². The van der Waals surface area contributed by atoms with E-state index in [-0.39, 0.29) is 12.7 Å². The van der Waals surface area contributed by atoms with Gasteiger partial charge in [0.2, 0.25) is 5.82 Å². The lowest BCUT2D eigenvalue weighted by Gasteiger charge is -2.22. The second-order valence-corrected chi connectivity index (χ2v) is 4.78. The first-order valence-corrected chi connectivity index (χ1v) is 6.38. The number of aromatic nitrogens is 2. The zero-order valence-corrected chi connectivity index (χ0v) is 10.2. The standard InChI is InChI=1S/C11H11N3O3S/c12-15-5-10-13-11(14-17-10)8-6-18-9-4-2-1-3-7(9)16-8/h1-4,8H,5-6,12H2. The van der Waals surface area contributed by atoms with Gasteiger partial charge in [0.1, 0.15) is 12.4 Å². The molecule has 2 N–H and O–H groups in total. The summed E-state index contributed by atoms with van der Waals surface area (Å²) in [6.45, 7) is 0.101. The fourth-order valence-electron chi connectivity index (χ4n) is 1.68. The lowest BCUT2D eigenvalue weighted by molar-refractivity contribution is 0.0995. The van der Waals surface area contributed by atoms with Gasteiger partial charge in [-0.25, -0.2) is 5.90 Å². The van der Waals surface area contributed by atoms with Crippen molar-refractivity contribution in [2.45, 2.75) is 17.6 Å². The Hall–Kier alpha value is -1.57. The van der Waals surface area contributed by atoms with Crippen LogP contribution in [0.4, 0.5) is 0 Å². The topological polar surface area (TPSA) is 83.4 Å². The largest absolute Gasteiger partial charge is 0.480 e. The zero-order chi connectivity index (χ0) is 12.4. The lowest BCUT2D eigenvalue weighted by Crippen LogP contribution is -2.16. The van der Waals surface area contributed by atoms with E-state index < -0.39 is 0 Å². The van der Waals surface area contributed by atoms with Crippen LogP contribution in [0.25, 0.3) is 0 Å². The molecule has 3 rings (SSSR count). The lowest BCUT2D eigenvalue weighted by atomic mass is 10.3. The van der Waals surface area contributed by atoms with Gasteiger partial charge in [0.05, 0.1) is 0 Å². The molecule has 1 aromatic carbocycles. The molecule has 0 saturated heterocycles. The van der Waals surface area contributed by atoms with Gasteiger partial charge >= 0.3 is 0 Å². The predicted molar refractivity (Wildman–Crippen MR) is 63.8 cm³/mol. The maximum absolute atomic E-state index is 5.83. The van der Waals surface area contributed by atoms with Crippen LogP contribution in [0, 0.1) is 0 Å². The van der Waals surface area contributed by atoms with Gasteiger partial charge in [0.15, 0.2) is 6.10 Å². The van der Waals surface area contributed by atoms with Crippen molar-refractivity contribution >= 4 is 11.8 Å². The van der Waals surface area contributed by atoms with E-state index in [0.717, 1.165) is 16.4 Å². The second-order valence-electron chi connectivity index (χ2n) is 3.72. The average molecular weight is 265 g/mol. The highest BCUT2D eigenvalue weighted by Gasteiger charge is 2.25. The fraction of sp³-hybridized carbons (Fsp3) is 0.273. The number of nitrogens with zero attached hydrogens (tertiary/aromatic N) is 2. The normalized spacial score (nSPS) is 18.2. The smallest absolute Gasteiger partial charge is 0.254 e. The number of hydrogen-bond acceptors (Lipinski definition) is 7. The minimum absolute atomic E-state index is 0.101. The third-order valence-corrected chi connectivity index (χ3v) is 3.60. The number of ether oxygens (including phenoxy) is 1. The van der Waals surface area contributed by atoms with Crippen LogP contribution in [0.5, 0.6) is 5.75 Å². The summed E-state index contributed by atoms with van der Waals surface area (Å²) >= 11 is 1.71. The van der Waals surface area contributed by atoms with Gasteiger partial charge < -0.3 is 9.26 Å². The Kier molecular flexibility index (Phi) is 3.18. The first-order valence-electron chi connectivity index (χ1n) is 5.39. The minimum Gasteiger partial charge on any atom is -0.480 e. The van der Waals surface area contributed by atoms with Gasteiger partial charge in [-0.2, -0.15) is 4.98 Å². The highest BCUT2D eigenvalue weighted by molar-refractivity contribution is 7.99. The third-order valence-electron chi connectivity index (χ3n) is 2.49. The summed E-state index contributed by atoms with van der Waals surface area (Å²) in [5, 5.41) is 3.87. The monoisotopic (exact) mass is 265 g/mol. The summed E-state index contributed by atoms with van der Waals surface area (Å²) in [5.41, 5.74) is 0. The van der Waals surface area contributed by atoms with Crippen molar-refractivity contribution in [1.82, 2.24) is 10.1 Å². The van der Waals surface area contributed by atoms with Crippen LogP contribution in [0.3, 0.4) is 0 Å². The fourth-order valence-corrected chi connectivity index (χ4v) is 2.66. The van der Waals surface area contributed by atoms with Gasteiger partial charge in [0.25, 0.3) is 5.89 Å². The van der Waals surface area contributed by atoms with Crippen LogP contribution in [0.1, 0.15) is 17.8 Å². The van der Waals surface area contributed by atoms with E-state index in [1.807, 2.05) is 24.3 Å². The van der Waals surface area contributed by atoms with Crippen molar-refractivity contribution in [3.63, 3.8) is 0 Å². The molecule has 0 saturated carbocycles. The molecule has 6 nitrogen and oxygen atoms in total. The number of thioether (sulfide) groups is 1. The van der Waals surface area contributed by atoms with Gasteiger partial charge in [-0.05, 0) is 12.1 Å². The van der Waals surface area contributed by atoms with Crippen LogP contribution >= 0.6 is 11.8 Å². The SMILES string of the molecule is NOCc1nc(C2CSc3ccccc3O2)no1. The maximum Gasteiger partial charge on any atom is 0.254 e. The Labute approximate surface area is 107 Å². The average Bonchev–Trinajstić information content (AvgIpc) is 2.87. The van der Waals surface area contributed by atoms with Crippen LogP contribution in [0.2, 0.25) is 0 Å². The van der Waals surface area contributed by atoms with E-state index in [1.165, 1.54) is 0 Å². The molecule has 0 bridgehead atoms. The highest BCUT2D eigenvalue weighted by atomic mass is 32.2. The molecule has 1 unspecified atom stereocenters. The summed E-state index contributed by atoms with van der Waals surface area (Å²) in [6.07, 6.45) is -0.208. The Bertz CT molecular complexity index is 546. The number of benzene rings is 1. The predicted octanol–water partition coefficient (Wildman–Crippen LogP) is 1.69. The number of fused-ring (bicyclic) bond motifs is 1. The molecule has 0 radical (unpaired) electrons. The first-order chi connectivity index (χ1) is 8.86. The summed E-state index contributed by atoms with van der Waals surface area (Å²) < 4.78 is 10.8. The van der Waals surface area contributed by atoms with Crippen LogP contribution in [0.15, 0.2) is 33.7 Å². The number of rotatable bonds is 3. The molecule has 18 heavy (non-hydrogen) atoms. The van der Waals surface area contributed by atoms with Gasteiger partial charge in [-0.3, -0.25) is 4.84 Å². The summed E-state index contributed by atoms with van der Waals surface area (Å²) in [6, 6.07) is 7.88. The van der Waals surface area contributed by atoms with Crippen molar-refractivity contribution in [2.24, 2.45) is 5.90 Å². The maximum atomic E-state index is 5.83. The Balaban J connectivity index is 1.78. The van der Waals surface area contributed by atoms with Crippen molar-refractivity contribution in [1.29, 1.82) is 0 Å². The highest BCUT2D eigenvalue weighted by Crippen LogP contribution is 2.39. The van der Waals surface area contributed by atoms with E-state index in [1.54, 1.807) is 11.8 Å². The van der Waals surface area contributed by atoms with Crippen molar-refractivity contribution < 1.29 is 14.1 Å². The molecule has 1 atom stereocenters. The van der Waals surface area contributed by atoms with Gasteiger partial charge in [-0.1, -0.05) is 17.3 Å². The summed E-state index contributed by atoms with van der Waals surface area (Å²) in [5.74, 6) is 7.41.